The van der Waals surface area contributed by atoms with Crippen molar-refractivity contribution in [2.45, 2.75) is 12.8 Å². The molecule has 0 N–H and O–H groups in total. The molecule has 27 heavy (non-hydrogen) atoms. The van der Waals surface area contributed by atoms with E-state index < -0.39 is 0 Å². The zero-order valence-electron chi connectivity index (χ0n) is 14.6. The summed E-state index contributed by atoms with van der Waals surface area (Å²) in [4.78, 5) is 20.9. The third-order valence-corrected chi connectivity index (χ3v) is 5.78. The molecule has 3 aromatic heterocycles. The lowest BCUT2D eigenvalue weighted by atomic mass is 10.0. The maximum atomic E-state index is 13.3. The van der Waals surface area contributed by atoms with Crippen molar-refractivity contribution >= 4 is 28.3 Å². The highest BCUT2D eigenvalue weighted by atomic mass is 32.1. The second kappa shape index (κ2) is 6.63. The monoisotopic (exact) mass is 375 g/mol. The van der Waals surface area contributed by atoms with Crippen LogP contribution in [0.5, 0.6) is 0 Å². The van der Waals surface area contributed by atoms with Crippen molar-refractivity contribution in [1.29, 1.82) is 0 Å². The van der Waals surface area contributed by atoms with Crippen LogP contribution in [0, 0.1) is 0 Å². The Morgan fingerprint density at radius 1 is 1.07 bits per heavy atom. The first kappa shape index (κ1) is 16.2. The molecule has 1 aliphatic rings. The third kappa shape index (κ3) is 2.82. The number of pyridine rings is 1. The number of rotatable bonds is 3. The summed E-state index contributed by atoms with van der Waals surface area (Å²) in [6.07, 6.45) is 2.10. The number of benzene rings is 1. The van der Waals surface area contributed by atoms with E-state index in [1.807, 2.05) is 58.8 Å². The molecule has 0 aliphatic carbocycles. The average Bonchev–Trinajstić information content (AvgIpc) is 3.48. The van der Waals surface area contributed by atoms with Gasteiger partial charge >= 0.3 is 0 Å². The van der Waals surface area contributed by atoms with E-state index in [-0.39, 0.29) is 5.91 Å². The van der Waals surface area contributed by atoms with Gasteiger partial charge in [-0.2, -0.15) is 0 Å². The minimum atomic E-state index is 0.0260. The molecular formula is C21H17N3O2S. The van der Waals surface area contributed by atoms with Crippen LogP contribution in [0.4, 0.5) is 0 Å². The van der Waals surface area contributed by atoms with Crippen LogP contribution < -0.4 is 0 Å². The quantitative estimate of drug-likeness (QED) is 0.513. The van der Waals surface area contributed by atoms with Crippen LogP contribution in [0.2, 0.25) is 0 Å². The molecule has 134 valence electrons. The summed E-state index contributed by atoms with van der Waals surface area (Å²) in [5, 5.41) is 6.94. The van der Waals surface area contributed by atoms with Crippen LogP contribution in [0.15, 0.2) is 58.4 Å². The fourth-order valence-electron chi connectivity index (χ4n) is 3.55. The van der Waals surface area contributed by atoms with Gasteiger partial charge < -0.3 is 9.42 Å². The fourth-order valence-corrected chi connectivity index (χ4v) is 4.24. The van der Waals surface area contributed by atoms with E-state index in [0.29, 0.717) is 22.4 Å². The summed E-state index contributed by atoms with van der Waals surface area (Å²) >= 11 is 1.59. The number of thiophene rings is 1. The number of aromatic nitrogens is 2. The predicted molar refractivity (Wildman–Crippen MR) is 106 cm³/mol. The van der Waals surface area contributed by atoms with Crippen molar-refractivity contribution in [2.75, 3.05) is 13.1 Å². The number of fused-ring (bicyclic) bond motifs is 1. The average molecular weight is 375 g/mol. The molecule has 1 fully saturated rings. The summed E-state index contributed by atoms with van der Waals surface area (Å²) < 4.78 is 5.57. The highest BCUT2D eigenvalue weighted by Crippen LogP contribution is 2.34. The van der Waals surface area contributed by atoms with Crippen LogP contribution in [0.1, 0.15) is 23.2 Å². The molecule has 0 radical (unpaired) electrons. The first-order valence-electron chi connectivity index (χ1n) is 9.00. The van der Waals surface area contributed by atoms with Crippen molar-refractivity contribution in [3.05, 3.63) is 59.5 Å². The summed E-state index contributed by atoms with van der Waals surface area (Å²) in [5.41, 5.74) is 3.35. The smallest absolute Gasteiger partial charge is 0.259 e. The minimum Gasteiger partial charge on any atom is -0.339 e. The third-order valence-electron chi connectivity index (χ3n) is 4.89. The van der Waals surface area contributed by atoms with Gasteiger partial charge in [0.25, 0.3) is 11.6 Å². The number of amides is 1. The summed E-state index contributed by atoms with van der Waals surface area (Å²) in [5.74, 6) is 0.0260. The Kier molecular flexibility index (Phi) is 3.98. The van der Waals surface area contributed by atoms with E-state index >= 15 is 0 Å². The lowest BCUT2D eigenvalue weighted by molar-refractivity contribution is 0.0794. The number of nitrogens with zero attached hydrogens (tertiary/aromatic N) is 3. The zero-order valence-corrected chi connectivity index (χ0v) is 15.4. The van der Waals surface area contributed by atoms with E-state index in [4.69, 9.17) is 4.52 Å². The van der Waals surface area contributed by atoms with Crippen LogP contribution in [-0.4, -0.2) is 34.0 Å². The van der Waals surface area contributed by atoms with Crippen molar-refractivity contribution in [3.63, 3.8) is 0 Å². The number of likely N-dealkylation sites (tertiary alicyclic amines) is 1. The molecule has 1 amide bonds. The maximum Gasteiger partial charge on any atom is 0.259 e. The molecule has 0 bridgehead atoms. The fraction of sp³-hybridized carbons (Fsp3) is 0.190. The Hall–Kier alpha value is -2.99. The van der Waals surface area contributed by atoms with Gasteiger partial charge in [0.05, 0.1) is 21.5 Å². The summed E-state index contributed by atoms with van der Waals surface area (Å²) in [6, 6.07) is 15.6. The van der Waals surface area contributed by atoms with Gasteiger partial charge in [0.2, 0.25) is 0 Å². The molecule has 0 atom stereocenters. The standard InChI is InChI=1S/C21H17N3O2S/c25-21(24-10-4-5-11-24)15-13-16(17-9-6-12-27-17)22-20-18(15)19(23-26-20)14-7-2-1-3-8-14/h1-3,6-9,12-13H,4-5,10-11H2. The first-order valence-corrected chi connectivity index (χ1v) is 9.88. The Balaban J connectivity index is 1.74. The highest BCUT2D eigenvalue weighted by molar-refractivity contribution is 7.13. The molecule has 4 heterocycles. The van der Waals surface area contributed by atoms with Gasteiger partial charge in [-0.25, -0.2) is 4.98 Å². The van der Waals surface area contributed by atoms with E-state index in [9.17, 15) is 4.79 Å². The lowest BCUT2D eigenvalue weighted by Gasteiger charge is -2.16. The second-order valence-corrected chi connectivity index (χ2v) is 7.56. The topological polar surface area (TPSA) is 59.2 Å². The van der Waals surface area contributed by atoms with Crippen molar-refractivity contribution in [1.82, 2.24) is 15.0 Å². The Morgan fingerprint density at radius 2 is 1.89 bits per heavy atom. The molecule has 1 saturated heterocycles. The highest BCUT2D eigenvalue weighted by Gasteiger charge is 2.26. The van der Waals surface area contributed by atoms with Gasteiger partial charge in [-0.05, 0) is 30.4 Å². The van der Waals surface area contributed by atoms with Crippen LogP contribution in [0.25, 0.3) is 32.9 Å². The van der Waals surface area contributed by atoms with Gasteiger partial charge in [-0.3, -0.25) is 4.79 Å². The van der Waals surface area contributed by atoms with Gasteiger partial charge in [0, 0.05) is 18.7 Å². The molecule has 0 unspecified atom stereocenters. The van der Waals surface area contributed by atoms with Crippen LogP contribution in [-0.2, 0) is 0 Å². The van der Waals surface area contributed by atoms with E-state index in [2.05, 4.69) is 10.1 Å². The van der Waals surface area contributed by atoms with Crippen LogP contribution in [0.3, 0.4) is 0 Å². The molecule has 1 aromatic carbocycles. The Labute approximate surface area is 160 Å². The molecule has 4 aromatic rings. The molecule has 6 heteroatoms. The second-order valence-electron chi connectivity index (χ2n) is 6.61. The molecule has 0 spiro atoms. The number of hydrogen-bond donors (Lipinski definition) is 0. The summed E-state index contributed by atoms with van der Waals surface area (Å²) in [7, 11) is 0. The van der Waals surface area contributed by atoms with Gasteiger partial charge in [-0.15, -0.1) is 11.3 Å². The first-order chi connectivity index (χ1) is 13.3. The van der Waals surface area contributed by atoms with Crippen molar-refractivity contribution in [3.8, 4) is 21.8 Å². The van der Waals surface area contributed by atoms with Gasteiger partial charge in [0.1, 0.15) is 5.69 Å². The SMILES string of the molecule is O=C(c1cc(-c2cccs2)nc2onc(-c3ccccc3)c12)N1CCCC1. The van der Waals surface area contributed by atoms with E-state index in [1.54, 1.807) is 11.3 Å². The maximum absolute atomic E-state index is 13.3. The van der Waals surface area contributed by atoms with Gasteiger partial charge in [-0.1, -0.05) is 41.6 Å². The summed E-state index contributed by atoms with van der Waals surface area (Å²) in [6.45, 7) is 1.59. The van der Waals surface area contributed by atoms with Crippen LogP contribution >= 0.6 is 11.3 Å². The zero-order chi connectivity index (χ0) is 18.2. The number of hydrogen-bond acceptors (Lipinski definition) is 5. The molecular weight excluding hydrogens is 358 g/mol. The molecule has 5 rings (SSSR count). The van der Waals surface area contributed by atoms with Crippen molar-refractivity contribution in [2.24, 2.45) is 0 Å². The Bertz CT molecular complexity index is 1100. The van der Waals surface area contributed by atoms with E-state index in [0.717, 1.165) is 42.1 Å². The normalized spacial score (nSPS) is 14.1. The predicted octanol–water partition coefficient (Wildman–Crippen LogP) is 4.85. The molecule has 0 saturated carbocycles. The molecule has 5 nitrogen and oxygen atoms in total. The largest absolute Gasteiger partial charge is 0.339 e. The molecule has 1 aliphatic heterocycles. The van der Waals surface area contributed by atoms with E-state index in [1.165, 1.54) is 0 Å². The van der Waals surface area contributed by atoms with Crippen molar-refractivity contribution < 1.29 is 9.32 Å². The number of carbonyl (C=O) groups is 1. The lowest BCUT2D eigenvalue weighted by Crippen LogP contribution is -2.27. The minimum absolute atomic E-state index is 0.0260. The number of carbonyl (C=O) groups excluding carboxylic acids is 1. The Morgan fingerprint density at radius 3 is 2.63 bits per heavy atom. The van der Waals surface area contributed by atoms with Gasteiger partial charge in [0.15, 0.2) is 0 Å².